The summed E-state index contributed by atoms with van der Waals surface area (Å²) in [6.45, 7) is 6.46. The molecule has 0 saturated heterocycles. The van der Waals surface area contributed by atoms with E-state index in [0.29, 0.717) is 19.3 Å². The molecule has 69 heavy (non-hydrogen) atoms. The van der Waals surface area contributed by atoms with E-state index in [1.165, 1.54) is 135 Å². The molecule has 0 N–H and O–H groups in total. The van der Waals surface area contributed by atoms with E-state index in [-0.39, 0.29) is 31.1 Å². The first-order valence-electron chi connectivity index (χ1n) is 29.1. The Hall–Kier alpha value is -3.41. The van der Waals surface area contributed by atoms with Gasteiger partial charge in [-0.1, -0.05) is 234 Å². The average Bonchev–Trinajstić information content (AvgIpc) is 3.35. The zero-order valence-electron chi connectivity index (χ0n) is 45.3. The van der Waals surface area contributed by atoms with Crippen LogP contribution in [-0.2, 0) is 28.6 Å². The van der Waals surface area contributed by atoms with Crippen LogP contribution in [0.5, 0.6) is 0 Å². The number of hydrogen-bond acceptors (Lipinski definition) is 6. The van der Waals surface area contributed by atoms with Crippen molar-refractivity contribution in [2.75, 3.05) is 13.2 Å². The molecule has 0 aromatic heterocycles. The third-order valence-corrected chi connectivity index (χ3v) is 12.4. The SMILES string of the molecule is CC/C=C\C/C=C\C/C=C\C/C=C\C/C=C\CCCCCC(=O)OC[C@H](COC(=O)CCCCCCC/C=C\CCCC)OC(=O)CCCCCCCCCCCCC/C=C\CCCCCCCC. The van der Waals surface area contributed by atoms with Crippen molar-refractivity contribution >= 4 is 17.9 Å². The quantitative estimate of drug-likeness (QED) is 0.0262. The molecule has 6 heteroatoms. The summed E-state index contributed by atoms with van der Waals surface area (Å²) < 4.78 is 16.8. The summed E-state index contributed by atoms with van der Waals surface area (Å²) >= 11 is 0. The minimum Gasteiger partial charge on any atom is -0.462 e. The lowest BCUT2D eigenvalue weighted by Crippen LogP contribution is -2.30. The summed E-state index contributed by atoms with van der Waals surface area (Å²) in [6, 6.07) is 0. The van der Waals surface area contributed by atoms with E-state index in [1.807, 2.05) is 0 Å². The predicted molar refractivity (Wildman–Crippen MR) is 297 cm³/mol. The van der Waals surface area contributed by atoms with Crippen LogP contribution in [0.1, 0.15) is 278 Å². The van der Waals surface area contributed by atoms with Gasteiger partial charge in [0, 0.05) is 19.3 Å². The third kappa shape index (κ3) is 55.4. The van der Waals surface area contributed by atoms with Crippen LogP contribution >= 0.6 is 0 Å². The molecule has 6 nitrogen and oxygen atoms in total. The molecule has 0 unspecified atom stereocenters. The maximum Gasteiger partial charge on any atom is 0.306 e. The Balaban J connectivity index is 4.38. The molecule has 0 aromatic carbocycles. The molecule has 396 valence electrons. The summed E-state index contributed by atoms with van der Waals surface area (Å²) in [5.41, 5.74) is 0. The van der Waals surface area contributed by atoms with E-state index in [9.17, 15) is 14.4 Å². The number of hydrogen-bond donors (Lipinski definition) is 0. The molecule has 0 radical (unpaired) electrons. The highest BCUT2D eigenvalue weighted by Gasteiger charge is 2.19. The van der Waals surface area contributed by atoms with Gasteiger partial charge in [-0.15, -0.1) is 0 Å². The van der Waals surface area contributed by atoms with Gasteiger partial charge in [0.15, 0.2) is 6.10 Å². The Morgan fingerprint density at radius 2 is 0.580 bits per heavy atom. The van der Waals surface area contributed by atoms with Gasteiger partial charge in [0.25, 0.3) is 0 Å². The molecule has 0 aliphatic heterocycles. The first kappa shape index (κ1) is 65.6. The lowest BCUT2D eigenvalue weighted by atomic mass is 10.0. The second kappa shape index (κ2) is 57.2. The molecule has 0 aliphatic rings. The summed E-state index contributed by atoms with van der Waals surface area (Å²) in [7, 11) is 0. The summed E-state index contributed by atoms with van der Waals surface area (Å²) in [4.78, 5) is 38.1. The highest BCUT2D eigenvalue weighted by molar-refractivity contribution is 5.71. The second-order valence-corrected chi connectivity index (χ2v) is 19.2. The van der Waals surface area contributed by atoms with Gasteiger partial charge in [0.2, 0.25) is 0 Å². The highest BCUT2D eigenvalue weighted by Crippen LogP contribution is 2.15. The Morgan fingerprint density at radius 3 is 0.957 bits per heavy atom. The number of rotatable bonds is 52. The molecule has 0 aromatic rings. The minimum atomic E-state index is -0.794. The number of carbonyl (C=O) groups is 3. The highest BCUT2D eigenvalue weighted by atomic mass is 16.6. The van der Waals surface area contributed by atoms with Crippen LogP contribution in [0.3, 0.4) is 0 Å². The fourth-order valence-electron chi connectivity index (χ4n) is 7.97. The smallest absolute Gasteiger partial charge is 0.306 e. The Kier molecular flexibility index (Phi) is 54.3. The Bertz CT molecular complexity index is 1330. The monoisotopic (exact) mass is 961 g/mol. The van der Waals surface area contributed by atoms with Crippen LogP contribution < -0.4 is 0 Å². The Labute approximate surface area is 426 Å². The largest absolute Gasteiger partial charge is 0.462 e. The normalized spacial score (nSPS) is 12.7. The predicted octanol–water partition coefficient (Wildman–Crippen LogP) is 19.5. The van der Waals surface area contributed by atoms with Gasteiger partial charge in [-0.2, -0.15) is 0 Å². The molecule has 0 heterocycles. The molecule has 0 aliphatic carbocycles. The van der Waals surface area contributed by atoms with E-state index in [1.54, 1.807) is 0 Å². The van der Waals surface area contributed by atoms with Gasteiger partial charge in [0.05, 0.1) is 0 Å². The van der Waals surface area contributed by atoms with Gasteiger partial charge < -0.3 is 14.2 Å². The minimum absolute atomic E-state index is 0.0914. The second-order valence-electron chi connectivity index (χ2n) is 19.2. The number of carbonyl (C=O) groups excluding carboxylic acids is 3. The lowest BCUT2D eigenvalue weighted by molar-refractivity contribution is -0.167. The number of allylic oxidation sites excluding steroid dienone is 14. The zero-order chi connectivity index (χ0) is 50.0. The van der Waals surface area contributed by atoms with E-state index in [2.05, 4.69) is 106 Å². The molecule has 0 amide bonds. The van der Waals surface area contributed by atoms with Crippen LogP contribution in [0.4, 0.5) is 0 Å². The van der Waals surface area contributed by atoms with Crippen LogP contribution in [0.2, 0.25) is 0 Å². The molecule has 0 fully saturated rings. The van der Waals surface area contributed by atoms with Crippen LogP contribution in [0.25, 0.3) is 0 Å². The van der Waals surface area contributed by atoms with Gasteiger partial charge in [-0.25, -0.2) is 0 Å². The van der Waals surface area contributed by atoms with Crippen molar-refractivity contribution < 1.29 is 28.6 Å². The van der Waals surface area contributed by atoms with Crippen LogP contribution in [0.15, 0.2) is 85.1 Å². The van der Waals surface area contributed by atoms with E-state index in [0.717, 1.165) is 103 Å². The van der Waals surface area contributed by atoms with Crippen LogP contribution in [-0.4, -0.2) is 37.2 Å². The van der Waals surface area contributed by atoms with Crippen molar-refractivity contribution in [2.45, 2.75) is 284 Å². The van der Waals surface area contributed by atoms with Gasteiger partial charge in [-0.3, -0.25) is 14.4 Å². The van der Waals surface area contributed by atoms with Crippen molar-refractivity contribution in [1.82, 2.24) is 0 Å². The zero-order valence-corrected chi connectivity index (χ0v) is 45.3. The van der Waals surface area contributed by atoms with Crippen LogP contribution in [0, 0.1) is 0 Å². The molecule has 0 spiro atoms. The topological polar surface area (TPSA) is 78.9 Å². The summed E-state index contributed by atoms with van der Waals surface area (Å²) in [5.74, 6) is -0.929. The molecule has 1 atom stereocenters. The van der Waals surface area contributed by atoms with E-state index >= 15 is 0 Å². The van der Waals surface area contributed by atoms with Gasteiger partial charge in [0.1, 0.15) is 13.2 Å². The average molecular weight is 962 g/mol. The number of ether oxygens (including phenoxy) is 3. The van der Waals surface area contributed by atoms with E-state index < -0.39 is 6.10 Å². The van der Waals surface area contributed by atoms with Crippen molar-refractivity contribution in [2.24, 2.45) is 0 Å². The first-order chi connectivity index (χ1) is 34.0. The molecule has 0 rings (SSSR count). The van der Waals surface area contributed by atoms with E-state index in [4.69, 9.17) is 14.2 Å². The molecular weight excluding hydrogens is 853 g/mol. The fourth-order valence-corrected chi connectivity index (χ4v) is 7.97. The van der Waals surface area contributed by atoms with Crippen molar-refractivity contribution in [3.8, 4) is 0 Å². The third-order valence-electron chi connectivity index (χ3n) is 12.4. The van der Waals surface area contributed by atoms with Gasteiger partial charge in [-0.05, 0) is 109 Å². The molecule has 0 bridgehead atoms. The van der Waals surface area contributed by atoms with Crippen molar-refractivity contribution in [1.29, 1.82) is 0 Å². The lowest BCUT2D eigenvalue weighted by Gasteiger charge is -2.18. The standard InChI is InChI=1S/C63H108O6/c1-4-7-10-13-16-19-22-24-26-28-30-31-33-35-37-39-42-45-48-51-54-57-63(66)69-60(58-67-61(64)55-52-49-46-43-40-21-18-15-12-9-6-3)59-68-62(65)56-53-50-47-44-41-38-36-34-32-29-27-25-23-20-17-14-11-8-5-2/h8,11,15,17-18,20,24-27,32,34,38,41,60H,4-7,9-10,12-14,16,19,21-23,28-31,33,35-37,39-40,42-59H2,1-3H3/b11-8-,18-15-,20-17-,26-24-,27-25-,34-32-,41-38-/t60-/m0/s1. The maximum absolute atomic E-state index is 12.9. The molecule has 0 saturated carbocycles. The number of unbranched alkanes of at least 4 members (excludes halogenated alkanes) is 27. The summed E-state index contributed by atoms with van der Waals surface area (Å²) in [6.07, 6.45) is 74.4. The number of esters is 3. The maximum atomic E-state index is 12.9. The fraction of sp³-hybridized carbons (Fsp3) is 0.730. The van der Waals surface area contributed by atoms with Crippen molar-refractivity contribution in [3.63, 3.8) is 0 Å². The Morgan fingerprint density at radius 1 is 0.304 bits per heavy atom. The molecular formula is C63H108O6. The van der Waals surface area contributed by atoms with Gasteiger partial charge >= 0.3 is 17.9 Å². The summed E-state index contributed by atoms with van der Waals surface area (Å²) in [5, 5.41) is 0. The van der Waals surface area contributed by atoms with Crippen molar-refractivity contribution in [3.05, 3.63) is 85.1 Å². The first-order valence-corrected chi connectivity index (χ1v) is 29.1.